The molecule has 0 spiro atoms. The van der Waals surface area contributed by atoms with E-state index in [1.54, 1.807) is 19.2 Å². The monoisotopic (exact) mass is 315 g/mol. The molecule has 1 atom stereocenters. The second kappa shape index (κ2) is 5.63. The van der Waals surface area contributed by atoms with E-state index in [1.165, 1.54) is 6.07 Å². The van der Waals surface area contributed by atoms with Crippen LogP contribution in [-0.2, 0) is 6.42 Å². The summed E-state index contributed by atoms with van der Waals surface area (Å²) in [5, 5.41) is 3.08. The average Bonchev–Trinajstić information content (AvgIpc) is 2.77. The first-order chi connectivity index (χ1) is 8.60. The zero-order chi connectivity index (χ0) is 13.1. The fourth-order valence-electron chi connectivity index (χ4n) is 1.76. The van der Waals surface area contributed by atoms with Gasteiger partial charge in [0.1, 0.15) is 5.76 Å². The Kier molecular flexibility index (Phi) is 4.14. The summed E-state index contributed by atoms with van der Waals surface area (Å²) in [7, 11) is 1.79. The maximum Gasteiger partial charge on any atom is 0.169 e. The Labute approximate surface area is 112 Å². The van der Waals surface area contributed by atoms with Crippen molar-refractivity contribution in [3.63, 3.8) is 0 Å². The van der Waals surface area contributed by atoms with Crippen LogP contribution in [0.1, 0.15) is 17.4 Å². The first-order valence-corrected chi connectivity index (χ1v) is 6.26. The molecule has 1 aromatic heterocycles. The number of furan rings is 1. The summed E-state index contributed by atoms with van der Waals surface area (Å²) in [4.78, 5) is 0. The standard InChI is InChI=1S/C13H12BrF2NO/c1-17-11(12-4-5-13(14)18-12)7-8-2-3-9(15)10(16)6-8/h2-6,11,17H,7H2,1H3. The van der Waals surface area contributed by atoms with E-state index in [9.17, 15) is 8.78 Å². The lowest BCUT2D eigenvalue weighted by molar-refractivity contribution is 0.416. The van der Waals surface area contributed by atoms with E-state index in [1.807, 2.05) is 6.07 Å². The van der Waals surface area contributed by atoms with Gasteiger partial charge < -0.3 is 9.73 Å². The van der Waals surface area contributed by atoms with Gasteiger partial charge in [0.15, 0.2) is 16.3 Å². The number of hydrogen-bond donors (Lipinski definition) is 1. The SMILES string of the molecule is CNC(Cc1ccc(F)c(F)c1)c1ccc(Br)o1. The molecule has 0 amide bonds. The third kappa shape index (κ3) is 2.97. The van der Waals surface area contributed by atoms with E-state index >= 15 is 0 Å². The molecule has 2 aromatic rings. The molecule has 0 saturated heterocycles. The largest absolute Gasteiger partial charge is 0.453 e. The predicted molar refractivity (Wildman–Crippen MR) is 68.3 cm³/mol. The van der Waals surface area contributed by atoms with E-state index in [4.69, 9.17) is 4.42 Å². The highest BCUT2D eigenvalue weighted by Crippen LogP contribution is 2.23. The molecule has 0 aliphatic rings. The molecule has 1 aromatic carbocycles. The van der Waals surface area contributed by atoms with Crippen molar-refractivity contribution in [1.82, 2.24) is 5.32 Å². The van der Waals surface area contributed by atoms with Gasteiger partial charge in [-0.05, 0) is 59.2 Å². The zero-order valence-electron chi connectivity index (χ0n) is 9.71. The second-order valence-corrected chi connectivity index (χ2v) is 4.72. The van der Waals surface area contributed by atoms with Gasteiger partial charge in [0, 0.05) is 0 Å². The molecule has 0 aliphatic heterocycles. The van der Waals surface area contributed by atoms with Gasteiger partial charge in [-0.25, -0.2) is 8.78 Å². The number of nitrogens with one attached hydrogen (secondary N) is 1. The fourth-order valence-corrected chi connectivity index (χ4v) is 2.08. The van der Waals surface area contributed by atoms with Gasteiger partial charge in [-0.15, -0.1) is 0 Å². The maximum absolute atomic E-state index is 13.1. The van der Waals surface area contributed by atoms with E-state index in [0.717, 1.165) is 11.8 Å². The first kappa shape index (κ1) is 13.2. The van der Waals surface area contributed by atoms with E-state index in [2.05, 4.69) is 21.2 Å². The third-order valence-electron chi connectivity index (χ3n) is 2.71. The summed E-state index contributed by atoms with van der Waals surface area (Å²) in [6, 6.07) is 7.46. The van der Waals surface area contributed by atoms with Crippen molar-refractivity contribution in [3.8, 4) is 0 Å². The fraction of sp³-hybridized carbons (Fsp3) is 0.231. The molecule has 5 heteroatoms. The molecule has 0 bridgehead atoms. The topological polar surface area (TPSA) is 25.2 Å². The van der Waals surface area contributed by atoms with Crippen LogP contribution >= 0.6 is 15.9 Å². The van der Waals surface area contributed by atoms with Crippen LogP contribution in [0.2, 0.25) is 0 Å². The molecule has 18 heavy (non-hydrogen) atoms. The lowest BCUT2D eigenvalue weighted by atomic mass is 10.0. The zero-order valence-corrected chi connectivity index (χ0v) is 11.3. The molecule has 0 fully saturated rings. The Morgan fingerprint density at radius 2 is 2.00 bits per heavy atom. The van der Waals surface area contributed by atoms with E-state index < -0.39 is 11.6 Å². The van der Waals surface area contributed by atoms with Crippen molar-refractivity contribution in [3.05, 3.63) is 58.0 Å². The minimum atomic E-state index is -0.833. The van der Waals surface area contributed by atoms with Crippen molar-refractivity contribution >= 4 is 15.9 Å². The van der Waals surface area contributed by atoms with Crippen LogP contribution in [0.15, 0.2) is 39.4 Å². The quantitative estimate of drug-likeness (QED) is 0.927. The molecule has 96 valence electrons. The summed E-state index contributed by atoms with van der Waals surface area (Å²) in [6.45, 7) is 0. The number of benzene rings is 1. The summed E-state index contributed by atoms with van der Waals surface area (Å²) in [6.07, 6.45) is 0.521. The third-order valence-corrected chi connectivity index (χ3v) is 3.14. The Hall–Kier alpha value is -1.20. The molecule has 2 rings (SSSR count). The van der Waals surface area contributed by atoms with Crippen LogP contribution < -0.4 is 5.32 Å². The Morgan fingerprint density at radius 3 is 2.56 bits per heavy atom. The molecule has 2 nitrogen and oxygen atoms in total. The van der Waals surface area contributed by atoms with Crippen molar-refractivity contribution < 1.29 is 13.2 Å². The van der Waals surface area contributed by atoms with Gasteiger partial charge in [-0.1, -0.05) is 6.07 Å². The maximum atomic E-state index is 13.1. The van der Waals surface area contributed by atoms with Crippen molar-refractivity contribution in [2.75, 3.05) is 7.05 Å². The van der Waals surface area contributed by atoms with E-state index in [-0.39, 0.29) is 6.04 Å². The van der Waals surface area contributed by atoms with Gasteiger partial charge in [-0.2, -0.15) is 0 Å². The summed E-state index contributed by atoms with van der Waals surface area (Å²) in [5.41, 5.74) is 0.709. The Morgan fingerprint density at radius 1 is 1.22 bits per heavy atom. The molecule has 1 unspecified atom stereocenters. The van der Waals surface area contributed by atoms with Gasteiger partial charge in [0.2, 0.25) is 0 Å². The number of rotatable bonds is 4. The van der Waals surface area contributed by atoms with Crippen LogP contribution in [0.25, 0.3) is 0 Å². The predicted octanol–water partition coefficient (Wildman–Crippen LogP) is 3.82. The van der Waals surface area contributed by atoms with Gasteiger partial charge in [0.05, 0.1) is 6.04 Å². The lowest BCUT2D eigenvalue weighted by Gasteiger charge is -2.13. The molecule has 0 aliphatic carbocycles. The van der Waals surface area contributed by atoms with Crippen LogP contribution in [-0.4, -0.2) is 7.05 Å². The molecule has 0 saturated carbocycles. The molecule has 1 heterocycles. The lowest BCUT2D eigenvalue weighted by Crippen LogP contribution is -2.18. The number of likely N-dealkylation sites (N-methyl/N-ethyl adjacent to an activating group) is 1. The Balaban J connectivity index is 2.17. The second-order valence-electron chi connectivity index (χ2n) is 3.94. The van der Waals surface area contributed by atoms with Crippen LogP contribution in [0.3, 0.4) is 0 Å². The van der Waals surface area contributed by atoms with Crippen LogP contribution in [0.4, 0.5) is 8.78 Å². The number of halogens is 3. The van der Waals surface area contributed by atoms with Gasteiger partial charge in [-0.3, -0.25) is 0 Å². The summed E-state index contributed by atoms with van der Waals surface area (Å²) < 4.78 is 32.0. The minimum absolute atomic E-state index is 0.0823. The average molecular weight is 316 g/mol. The van der Waals surface area contributed by atoms with Crippen molar-refractivity contribution in [2.45, 2.75) is 12.5 Å². The molecular weight excluding hydrogens is 304 g/mol. The van der Waals surface area contributed by atoms with Gasteiger partial charge >= 0.3 is 0 Å². The summed E-state index contributed by atoms with van der Waals surface area (Å²) >= 11 is 3.23. The van der Waals surface area contributed by atoms with Crippen LogP contribution in [0, 0.1) is 11.6 Å². The summed E-state index contributed by atoms with van der Waals surface area (Å²) in [5.74, 6) is -0.919. The molecule has 0 radical (unpaired) electrons. The van der Waals surface area contributed by atoms with Crippen molar-refractivity contribution in [1.29, 1.82) is 0 Å². The Bertz CT molecular complexity index is 542. The highest BCUT2D eigenvalue weighted by atomic mass is 79.9. The van der Waals surface area contributed by atoms with Gasteiger partial charge in [0.25, 0.3) is 0 Å². The highest BCUT2D eigenvalue weighted by molar-refractivity contribution is 9.10. The molecular formula is C13H12BrF2NO. The normalized spacial score (nSPS) is 12.7. The molecule has 1 N–H and O–H groups in total. The minimum Gasteiger partial charge on any atom is -0.453 e. The number of hydrogen-bond acceptors (Lipinski definition) is 2. The first-order valence-electron chi connectivity index (χ1n) is 5.46. The van der Waals surface area contributed by atoms with Crippen molar-refractivity contribution in [2.24, 2.45) is 0 Å². The smallest absolute Gasteiger partial charge is 0.169 e. The van der Waals surface area contributed by atoms with Crippen LogP contribution in [0.5, 0.6) is 0 Å². The van der Waals surface area contributed by atoms with E-state index in [0.29, 0.717) is 16.7 Å². The highest BCUT2D eigenvalue weighted by Gasteiger charge is 2.15.